The summed E-state index contributed by atoms with van der Waals surface area (Å²) in [5, 5.41) is 13.4. The summed E-state index contributed by atoms with van der Waals surface area (Å²) in [6.45, 7) is 3.76. The van der Waals surface area contributed by atoms with Crippen LogP contribution in [0.15, 0.2) is 30.3 Å². The second-order valence-corrected chi connectivity index (χ2v) is 5.59. The number of nitrogens with one attached hydrogen (secondary N) is 1. The lowest BCUT2D eigenvalue weighted by Gasteiger charge is -2.32. The predicted molar refractivity (Wildman–Crippen MR) is 80.6 cm³/mol. The monoisotopic (exact) mass is 278 g/mol. The third kappa shape index (κ3) is 5.21. The van der Waals surface area contributed by atoms with Gasteiger partial charge in [-0.1, -0.05) is 30.3 Å². The van der Waals surface area contributed by atoms with E-state index in [2.05, 4.69) is 17.3 Å². The van der Waals surface area contributed by atoms with Crippen LogP contribution in [0.3, 0.4) is 0 Å². The van der Waals surface area contributed by atoms with Crippen LogP contribution in [0.5, 0.6) is 0 Å². The zero-order valence-corrected chi connectivity index (χ0v) is 12.3. The molecule has 0 aliphatic carbocycles. The number of rotatable bonds is 7. The quantitative estimate of drug-likeness (QED) is 0.788. The first kappa shape index (κ1) is 15.4. The van der Waals surface area contributed by atoms with Gasteiger partial charge in [-0.15, -0.1) is 0 Å². The molecular weight excluding hydrogens is 252 g/mol. The van der Waals surface area contributed by atoms with Gasteiger partial charge in [0, 0.05) is 19.1 Å². The van der Waals surface area contributed by atoms with Gasteiger partial charge in [0.1, 0.15) is 0 Å². The Kier molecular flexibility index (Phi) is 6.47. The first-order valence-corrected chi connectivity index (χ1v) is 7.46. The molecule has 2 N–H and O–H groups in total. The number of likely N-dealkylation sites (N-methyl/N-ethyl adjacent to an activating group) is 1. The van der Waals surface area contributed by atoms with Crippen molar-refractivity contribution in [2.75, 3.05) is 33.3 Å². The maximum Gasteiger partial charge on any atom is 0.0900 e. The van der Waals surface area contributed by atoms with Crippen LogP contribution < -0.4 is 5.32 Å². The van der Waals surface area contributed by atoms with Gasteiger partial charge in [-0.25, -0.2) is 0 Å². The molecule has 2 rings (SSSR count). The van der Waals surface area contributed by atoms with Crippen molar-refractivity contribution >= 4 is 0 Å². The molecule has 1 fully saturated rings. The van der Waals surface area contributed by atoms with Crippen molar-refractivity contribution < 1.29 is 9.84 Å². The van der Waals surface area contributed by atoms with Gasteiger partial charge in [0.05, 0.1) is 19.3 Å². The maximum absolute atomic E-state index is 10.0. The lowest BCUT2D eigenvalue weighted by molar-refractivity contribution is 0.00594. The smallest absolute Gasteiger partial charge is 0.0900 e. The normalized spacial score (nSPS) is 21.1. The summed E-state index contributed by atoms with van der Waals surface area (Å²) in [5.41, 5.74) is 1.14. The minimum Gasteiger partial charge on any atom is -0.389 e. The van der Waals surface area contributed by atoms with Gasteiger partial charge in [0.15, 0.2) is 0 Å². The van der Waals surface area contributed by atoms with Crippen LogP contribution in [-0.2, 0) is 11.3 Å². The fraction of sp³-hybridized carbons (Fsp3) is 0.625. The molecular formula is C16H26N2O2. The molecule has 1 saturated heterocycles. The molecule has 1 aliphatic heterocycles. The van der Waals surface area contributed by atoms with E-state index in [1.807, 2.05) is 30.3 Å². The van der Waals surface area contributed by atoms with Crippen LogP contribution in [0.4, 0.5) is 0 Å². The van der Waals surface area contributed by atoms with Crippen LogP contribution in [0.1, 0.15) is 18.4 Å². The zero-order valence-electron chi connectivity index (χ0n) is 12.3. The lowest BCUT2D eigenvalue weighted by atomic mass is 10.1. The van der Waals surface area contributed by atoms with Crippen LogP contribution in [-0.4, -0.2) is 55.4 Å². The largest absolute Gasteiger partial charge is 0.389 e. The maximum atomic E-state index is 10.0. The Labute approximate surface area is 121 Å². The first-order valence-electron chi connectivity index (χ1n) is 7.46. The predicted octanol–water partition coefficient (Wildman–Crippen LogP) is 1.25. The molecule has 20 heavy (non-hydrogen) atoms. The highest BCUT2D eigenvalue weighted by molar-refractivity contribution is 5.13. The number of hydrogen-bond acceptors (Lipinski definition) is 4. The molecule has 0 radical (unpaired) electrons. The Morgan fingerprint density at radius 1 is 1.40 bits per heavy atom. The fourth-order valence-corrected chi connectivity index (χ4v) is 2.63. The number of piperidine rings is 1. The van der Waals surface area contributed by atoms with Gasteiger partial charge in [-0.05, 0) is 32.0 Å². The van der Waals surface area contributed by atoms with Crippen LogP contribution >= 0.6 is 0 Å². The second-order valence-electron chi connectivity index (χ2n) is 5.59. The van der Waals surface area contributed by atoms with Crippen molar-refractivity contribution in [3.63, 3.8) is 0 Å². The number of nitrogens with zero attached hydrogens (tertiary/aromatic N) is 1. The molecule has 0 aromatic heterocycles. The molecule has 1 aromatic carbocycles. The Hall–Kier alpha value is -0.940. The summed E-state index contributed by atoms with van der Waals surface area (Å²) in [4.78, 5) is 2.24. The lowest BCUT2D eigenvalue weighted by Crippen LogP contribution is -2.47. The van der Waals surface area contributed by atoms with Crippen LogP contribution in [0.25, 0.3) is 0 Å². The number of ether oxygens (including phenoxy) is 1. The van der Waals surface area contributed by atoms with Crippen molar-refractivity contribution in [1.29, 1.82) is 0 Å². The number of aliphatic hydroxyl groups excluding tert-OH is 1. The van der Waals surface area contributed by atoms with E-state index < -0.39 is 6.10 Å². The van der Waals surface area contributed by atoms with E-state index in [0.29, 0.717) is 25.8 Å². The Bertz CT molecular complexity index is 366. The summed E-state index contributed by atoms with van der Waals surface area (Å²) >= 11 is 0. The zero-order chi connectivity index (χ0) is 14.2. The number of aliphatic hydroxyl groups is 1. The molecule has 0 saturated carbocycles. The number of hydrogen-bond donors (Lipinski definition) is 2. The molecule has 4 heteroatoms. The molecule has 1 heterocycles. The summed E-state index contributed by atoms with van der Waals surface area (Å²) < 4.78 is 5.58. The average Bonchev–Trinajstić information content (AvgIpc) is 2.49. The topological polar surface area (TPSA) is 44.7 Å². The fourth-order valence-electron chi connectivity index (χ4n) is 2.63. The van der Waals surface area contributed by atoms with Crippen molar-refractivity contribution in [3.8, 4) is 0 Å². The third-order valence-corrected chi connectivity index (χ3v) is 3.81. The molecule has 1 aromatic rings. The van der Waals surface area contributed by atoms with E-state index in [1.165, 1.54) is 12.8 Å². The highest BCUT2D eigenvalue weighted by Crippen LogP contribution is 2.09. The molecule has 2 unspecified atom stereocenters. The molecule has 112 valence electrons. The van der Waals surface area contributed by atoms with Gasteiger partial charge in [0.25, 0.3) is 0 Å². The highest BCUT2D eigenvalue weighted by Gasteiger charge is 2.19. The summed E-state index contributed by atoms with van der Waals surface area (Å²) in [6, 6.07) is 10.6. The minimum atomic E-state index is -0.425. The van der Waals surface area contributed by atoms with Crippen LogP contribution in [0.2, 0.25) is 0 Å². The molecule has 0 amide bonds. The minimum absolute atomic E-state index is 0.388. The molecule has 1 aliphatic rings. The van der Waals surface area contributed by atoms with Crippen molar-refractivity contribution in [2.45, 2.75) is 31.6 Å². The van der Waals surface area contributed by atoms with Crippen molar-refractivity contribution in [2.24, 2.45) is 0 Å². The SMILES string of the molecule is CN(CC(O)COCc1ccccc1)C1CCCNC1. The van der Waals surface area contributed by atoms with Gasteiger partial charge in [0.2, 0.25) is 0 Å². The van der Waals surface area contributed by atoms with Crippen molar-refractivity contribution in [1.82, 2.24) is 10.2 Å². The van der Waals surface area contributed by atoms with E-state index in [0.717, 1.165) is 18.7 Å². The van der Waals surface area contributed by atoms with E-state index >= 15 is 0 Å². The molecule has 0 bridgehead atoms. The van der Waals surface area contributed by atoms with Crippen LogP contribution in [0, 0.1) is 0 Å². The second kappa shape index (κ2) is 8.37. The van der Waals surface area contributed by atoms with E-state index in [4.69, 9.17) is 4.74 Å². The molecule has 2 atom stereocenters. The molecule has 0 spiro atoms. The summed E-state index contributed by atoms with van der Waals surface area (Å²) in [6.07, 6.45) is 2.00. The Balaban J connectivity index is 1.63. The van der Waals surface area contributed by atoms with E-state index in [1.54, 1.807) is 0 Å². The Morgan fingerprint density at radius 2 is 2.20 bits per heavy atom. The third-order valence-electron chi connectivity index (χ3n) is 3.81. The van der Waals surface area contributed by atoms with Gasteiger partial charge < -0.3 is 15.2 Å². The van der Waals surface area contributed by atoms with E-state index in [-0.39, 0.29) is 0 Å². The number of benzene rings is 1. The van der Waals surface area contributed by atoms with Gasteiger partial charge in [-0.3, -0.25) is 4.90 Å². The van der Waals surface area contributed by atoms with Crippen molar-refractivity contribution in [3.05, 3.63) is 35.9 Å². The van der Waals surface area contributed by atoms with Gasteiger partial charge >= 0.3 is 0 Å². The first-order chi connectivity index (χ1) is 9.75. The average molecular weight is 278 g/mol. The molecule has 4 nitrogen and oxygen atoms in total. The Morgan fingerprint density at radius 3 is 2.90 bits per heavy atom. The van der Waals surface area contributed by atoms with E-state index in [9.17, 15) is 5.11 Å². The van der Waals surface area contributed by atoms with Gasteiger partial charge in [-0.2, -0.15) is 0 Å². The summed E-state index contributed by atoms with van der Waals surface area (Å²) in [7, 11) is 2.08. The standard InChI is InChI=1S/C16H26N2O2/c1-18(15-8-5-9-17-10-15)11-16(19)13-20-12-14-6-3-2-4-7-14/h2-4,6-7,15-17,19H,5,8-13H2,1H3. The highest BCUT2D eigenvalue weighted by atomic mass is 16.5. The summed E-state index contributed by atoms with van der Waals surface area (Å²) in [5.74, 6) is 0.